The minimum absolute atomic E-state index is 0.0655. The third-order valence-electron chi connectivity index (χ3n) is 4.92. The summed E-state index contributed by atoms with van der Waals surface area (Å²) in [6.45, 7) is 0.484. The second-order valence-corrected chi connectivity index (χ2v) is 8.20. The molecule has 156 valence electrons. The second-order valence-electron chi connectivity index (χ2n) is 7.10. The zero-order valence-corrected chi connectivity index (χ0v) is 16.9. The number of carbonyl (C=O) groups excluding carboxylic acids is 1. The zero-order chi connectivity index (χ0) is 20.9. The first-order chi connectivity index (χ1) is 13.8. The van der Waals surface area contributed by atoms with E-state index >= 15 is 0 Å². The first kappa shape index (κ1) is 21.7. The number of thioether (sulfide) groups is 1. The Labute approximate surface area is 172 Å². The van der Waals surface area contributed by atoms with Gasteiger partial charge in [0.25, 0.3) is 5.91 Å². The number of hydrogen-bond donors (Lipinski definition) is 2. The van der Waals surface area contributed by atoms with E-state index < -0.39 is 11.4 Å². The molecule has 0 radical (unpaired) electrons. The van der Waals surface area contributed by atoms with Crippen LogP contribution in [0.5, 0.6) is 0 Å². The average molecular weight is 424 g/mol. The Bertz CT molecular complexity index is 816. The van der Waals surface area contributed by atoms with Crippen LogP contribution in [0.15, 0.2) is 59.5 Å². The lowest BCUT2D eigenvalue weighted by Crippen LogP contribution is -2.32. The number of rotatable bonds is 7. The monoisotopic (exact) mass is 423 g/mol. The van der Waals surface area contributed by atoms with E-state index in [1.165, 1.54) is 28.7 Å². The van der Waals surface area contributed by atoms with Crippen LogP contribution < -0.4 is 10.9 Å². The van der Waals surface area contributed by atoms with Gasteiger partial charge in [0.1, 0.15) is 0 Å². The molecule has 1 aliphatic rings. The van der Waals surface area contributed by atoms with Crippen LogP contribution in [0.25, 0.3) is 0 Å². The molecule has 29 heavy (non-hydrogen) atoms. The fraction of sp³-hybridized carbons (Fsp3) is 0.381. The molecule has 0 aliphatic carbocycles. The third-order valence-corrected chi connectivity index (χ3v) is 5.73. The molecular formula is C21H24F3N3OS. The summed E-state index contributed by atoms with van der Waals surface area (Å²) in [5, 5.41) is 0. The molecule has 0 spiro atoms. The van der Waals surface area contributed by atoms with Gasteiger partial charge in [0.2, 0.25) is 0 Å². The number of alkyl halides is 3. The van der Waals surface area contributed by atoms with Crippen molar-refractivity contribution in [2.75, 3.05) is 13.6 Å². The molecule has 8 heteroatoms. The maximum atomic E-state index is 12.7. The molecule has 1 heterocycles. The van der Waals surface area contributed by atoms with E-state index in [1.54, 1.807) is 13.1 Å². The molecule has 1 amide bonds. The van der Waals surface area contributed by atoms with Crippen molar-refractivity contribution in [2.45, 2.75) is 41.7 Å². The molecule has 2 unspecified atom stereocenters. The predicted octanol–water partition coefficient (Wildman–Crippen LogP) is 4.76. The molecule has 4 nitrogen and oxygen atoms in total. The normalized spacial score (nSPS) is 19.3. The van der Waals surface area contributed by atoms with Crippen LogP contribution in [-0.4, -0.2) is 35.9 Å². The van der Waals surface area contributed by atoms with Gasteiger partial charge in [0.15, 0.2) is 0 Å². The van der Waals surface area contributed by atoms with E-state index in [-0.39, 0.29) is 34.3 Å². The Hall–Kier alpha value is -2.03. The largest absolute Gasteiger partial charge is 0.446 e. The highest BCUT2D eigenvalue weighted by atomic mass is 32.2. The summed E-state index contributed by atoms with van der Waals surface area (Å²) >= 11 is -0.250. The van der Waals surface area contributed by atoms with Crippen LogP contribution in [0.1, 0.15) is 41.2 Å². The number of nitrogens with zero attached hydrogens (tertiary/aromatic N) is 1. The van der Waals surface area contributed by atoms with Gasteiger partial charge in [-0.2, -0.15) is 13.2 Å². The van der Waals surface area contributed by atoms with Crippen LogP contribution in [0.4, 0.5) is 13.2 Å². The number of carbonyl (C=O) groups is 1. The molecule has 2 atom stereocenters. The molecule has 1 fully saturated rings. The zero-order valence-electron chi connectivity index (χ0n) is 16.1. The Morgan fingerprint density at radius 3 is 2.52 bits per heavy atom. The summed E-state index contributed by atoms with van der Waals surface area (Å²) in [4.78, 5) is 14.1. The van der Waals surface area contributed by atoms with E-state index in [9.17, 15) is 18.0 Å². The second kappa shape index (κ2) is 9.65. The maximum absolute atomic E-state index is 12.7. The highest BCUT2D eigenvalue weighted by molar-refractivity contribution is 8.00. The average Bonchev–Trinajstić information content (AvgIpc) is 3.16. The fourth-order valence-corrected chi connectivity index (χ4v) is 4.12. The van der Waals surface area contributed by atoms with Gasteiger partial charge in [-0.15, -0.1) is 0 Å². The quantitative estimate of drug-likeness (QED) is 0.631. The lowest BCUT2D eigenvalue weighted by atomic mass is 10.00. The smallest absolute Gasteiger partial charge is 0.342 e. The van der Waals surface area contributed by atoms with Crippen LogP contribution in [0, 0.1) is 0 Å². The molecule has 2 N–H and O–H groups in total. The van der Waals surface area contributed by atoms with Crippen LogP contribution >= 0.6 is 11.8 Å². The van der Waals surface area contributed by atoms with E-state index in [2.05, 4.69) is 23.0 Å². The van der Waals surface area contributed by atoms with E-state index in [4.69, 9.17) is 0 Å². The lowest BCUT2D eigenvalue weighted by Gasteiger charge is -2.20. The predicted molar refractivity (Wildman–Crippen MR) is 108 cm³/mol. The molecule has 0 bridgehead atoms. The van der Waals surface area contributed by atoms with Crippen molar-refractivity contribution >= 4 is 17.7 Å². The van der Waals surface area contributed by atoms with Crippen molar-refractivity contribution in [1.82, 2.24) is 15.8 Å². The summed E-state index contributed by atoms with van der Waals surface area (Å²) in [7, 11) is 1.63. The van der Waals surface area contributed by atoms with E-state index in [1.807, 2.05) is 18.2 Å². The molecule has 3 rings (SSSR count). The van der Waals surface area contributed by atoms with Gasteiger partial charge in [-0.3, -0.25) is 15.6 Å². The summed E-state index contributed by atoms with van der Waals surface area (Å²) < 4.78 is 38.2. The SMILES string of the molecule is CN(CCCC1CC(c2ccccc2)NN1)C(=O)c1ccccc1SC(F)(F)F. The summed E-state index contributed by atoms with van der Waals surface area (Å²) in [6.07, 6.45) is 2.58. The number of halogens is 3. The fourth-order valence-electron chi connectivity index (χ4n) is 3.45. The Morgan fingerprint density at radius 1 is 1.10 bits per heavy atom. The lowest BCUT2D eigenvalue weighted by molar-refractivity contribution is -0.0328. The van der Waals surface area contributed by atoms with Crippen molar-refractivity contribution in [1.29, 1.82) is 0 Å². The molecule has 2 aromatic rings. The van der Waals surface area contributed by atoms with Gasteiger partial charge in [-0.25, -0.2) is 0 Å². The van der Waals surface area contributed by atoms with Gasteiger partial charge in [-0.1, -0.05) is 42.5 Å². The number of hydrazine groups is 1. The minimum atomic E-state index is -4.43. The highest BCUT2D eigenvalue weighted by Gasteiger charge is 2.31. The Morgan fingerprint density at radius 2 is 1.79 bits per heavy atom. The molecule has 0 saturated carbocycles. The summed E-state index contributed by atoms with van der Waals surface area (Å²) in [5.74, 6) is -0.392. The number of benzene rings is 2. The summed E-state index contributed by atoms with van der Waals surface area (Å²) in [6, 6.07) is 16.6. The number of nitrogens with one attached hydrogen (secondary N) is 2. The standard InChI is InChI=1S/C21H24F3N3OS/c1-27(20(28)17-11-5-6-12-19(17)29-21(22,23)24)13-7-10-16-14-18(26-25-16)15-8-3-2-4-9-15/h2-6,8-9,11-12,16,18,25-26H,7,10,13-14H2,1H3. The molecule has 0 aromatic heterocycles. The van der Waals surface area contributed by atoms with Crippen LogP contribution in [0.2, 0.25) is 0 Å². The number of amides is 1. The topological polar surface area (TPSA) is 44.4 Å². The molecule has 1 aliphatic heterocycles. The highest BCUT2D eigenvalue weighted by Crippen LogP contribution is 2.38. The van der Waals surface area contributed by atoms with Gasteiger partial charge in [-0.05, 0) is 48.7 Å². The maximum Gasteiger partial charge on any atom is 0.446 e. The van der Waals surface area contributed by atoms with Gasteiger partial charge in [0.05, 0.1) is 5.56 Å². The van der Waals surface area contributed by atoms with E-state index in [0.29, 0.717) is 6.54 Å². The van der Waals surface area contributed by atoms with Crippen molar-refractivity contribution in [3.05, 3.63) is 65.7 Å². The minimum Gasteiger partial charge on any atom is -0.342 e. The van der Waals surface area contributed by atoms with Crippen molar-refractivity contribution in [3.8, 4) is 0 Å². The van der Waals surface area contributed by atoms with Crippen molar-refractivity contribution in [3.63, 3.8) is 0 Å². The van der Waals surface area contributed by atoms with Crippen LogP contribution in [0.3, 0.4) is 0 Å². The Balaban J connectivity index is 1.49. The van der Waals surface area contributed by atoms with Gasteiger partial charge >= 0.3 is 5.51 Å². The van der Waals surface area contributed by atoms with Gasteiger partial charge in [0, 0.05) is 30.6 Å². The molecular weight excluding hydrogens is 399 g/mol. The van der Waals surface area contributed by atoms with E-state index in [0.717, 1.165) is 19.3 Å². The first-order valence-corrected chi connectivity index (χ1v) is 10.3. The third kappa shape index (κ3) is 6.22. The first-order valence-electron chi connectivity index (χ1n) is 9.50. The Kier molecular flexibility index (Phi) is 7.21. The molecule has 2 aromatic carbocycles. The van der Waals surface area contributed by atoms with Crippen molar-refractivity contribution < 1.29 is 18.0 Å². The number of hydrogen-bond acceptors (Lipinski definition) is 4. The van der Waals surface area contributed by atoms with Gasteiger partial charge < -0.3 is 4.90 Å². The van der Waals surface area contributed by atoms with Crippen molar-refractivity contribution in [2.24, 2.45) is 0 Å². The summed E-state index contributed by atoms with van der Waals surface area (Å²) in [5.41, 5.74) is 3.48. The molecule has 1 saturated heterocycles. The van der Waals surface area contributed by atoms with Crippen LogP contribution in [-0.2, 0) is 0 Å².